The van der Waals surface area contributed by atoms with Gasteiger partial charge in [0.05, 0.1) is 0 Å². The van der Waals surface area contributed by atoms with Crippen LogP contribution in [0.15, 0.2) is 60.7 Å². The average Bonchev–Trinajstić information content (AvgIpc) is 2.73. The van der Waals surface area contributed by atoms with E-state index in [1.54, 1.807) is 0 Å². The molecule has 29 heavy (non-hydrogen) atoms. The van der Waals surface area contributed by atoms with Crippen molar-refractivity contribution in [2.45, 2.75) is 31.5 Å². The molecule has 0 heterocycles. The van der Waals surface area contributed by atoms with Crippen molar-refractivity contribution in [1.29, 1.82) is 0 Å². The molecule has 2 atom stereocenters. The third-order valence-corrected chi connectivity index (χ3v) is 4.09. The predicted octanol–water partition coefficient (Wildman–Crippen LogP) is 1.52. The van der Waals surface area contributed by atoms with Gasteiger partial charge >= 0.3 is 6.09 Å². The number of amides is 3. The van der Waals surface area contributed by atoms with Crippen LogP contribution in [-0.2, 0) is 27.4 Å². The van der Waals surface area contributed by atoms with Gasteiger partial charge in [0.1, 0.15) is 18.7 Å². The van der Waals surface area contributed by atoms with Crippen LogP contribution in [0.1, 0.15) is 17.5 Å². The Morgan fingerprint density at radius 2 is 1.52 bits per heavy atom. The maximum absolute atomic E-state index is 12.7. The molecule has 0 spiro atoms. The van der Waals surface area contributed by atoms with Crippen LogP contribution in [0.25, 0.3) is 0 Å². The lowest BCUT2D eigenvalue weighted by Crippen LogP contribution is -2.53. The molecule has 2 rings (SSSR count). The molecule has 0 aliphatic rings. The summed E-state index contributed by atoms with van der Waals surface area (Å²) in [7, 11) is 0. The second-order valence-corrected chi connectivity index (χ2v) is 6.32. The van der Waals surface area contributed by atoms with Crippen LogP contribution in [0.2, 0.25) is 0 Å². The van der Waals surface area contributed by atoms with Crippen LogP contribution >= 0.6 is 0 Å². The highest BCUT2D eigenvalue weighted by Gasteiger charge is 2.26. The normalized spacial score (nSPS) is 12.1. The Morgan fingerprint density at radius 1 is 0.931 bits per heavy atom. The van der Waals surface area contributed by atoms with Crippen molar-refractivity contribution in [3.63, 3.8) is 0 Å². The minimum Gasteiger partial charge on any atom is -0.445 e. The number of carbonyl (C=O) groups excluding carboxylic acids is 3. The van der Waals surface area contributed by atoms with E-state index in [2.05, 4.69) is 16.6 Å². The molecule has 150 valence electrons. The number of carbonyl (C=O) groups is 3. The molecule has 0 aliphatic heterocycles. The second-order valence-electron chi connectivity index (χ2n) is 6.32. The Labute approximate surface area is 169 Å². The first-order valence-corrected chi connectivity index (χ1v) is 9.04. The van der Waals surface area contributed by atoms with Crippen molar-refractivity contribution >= 4 is 17.9 Å². The Bertz CT molecular complexity index is 863. The summed E-state index contributed by atoms with van der Waals surface area (Å²) < 4.78 is 5.19. The van der Waals surface area contributed by atoms with Crippen LogP contribution in [-0.4, -0.2) is 30.0 Å². The van der Waals surface area contributed by atoms with Crippen LogP contribution in [0.3, 0.4) is 0 Å². The first kappa shape index (κ1) is 21.5. The Hall–Kier alpha value is -3.79. The minimum absolute atomic E-state index is 0.0441. The zero-order valence-corrected chi connectivity index (χ0v) is 15.8. The molecule has 0 saturated carbocycles. The molecule has 0 unspecified atom stereocenters. The summed E-state index contributed by atoms with van der Waals surface area (Å²) in [5.74, 6) is 0.967. The first-order chi connectivity index (χ1) is 14.0. The quantitative estimate of drug-likeness (QED) is 0.561. The lowest BCUT2D eigenvalue weighted by atomic mass is 10.0. The van der Waals surface area contributed by atoms with E-state index in [-0.39, 0.29) is 19.4 Å². The largest absolute Gasteiger partial charge is 0.445 e. The van der Waals surface area contributed by atoms with Gasteiger partial charge in [0.2, 0.25) is 11.8 Å². The summed E-state index contributed by atoms with van der Waals surface area (Å²) >= 11 is 0. The third kappa shape index (κ3) is 7.39. The number of nitrogens with two attached hydrogens (primary N) is 1. The Balaban J connectivity index is 2.05. The number of alkyl carbamates (subject to hydrolysis) is 1. The number of nitrogens with one attached hydrogen (secondary N) is 2. The van der Waals surface area contributed by atoms with Gasteiger partial charge in [-0.25, -0.2) is 4.79 Å². The van der Waals surface area contributed by atoms with Gasteiger partial charge in [0.15, 0.2) is 0 Å². The summed E-state index contributed by atoms with van der Waals surface area (Å²) in [6.45, 7) is 0.0629. The van der Waals surface area contributed by atoms with Gasteiger partial charge in [0, 0.05) is 12.8 Å². The molecule has 4 N–H and O–H groups in total. The van der Waals surface area contributed by atoms with Crippen LogP contribution in [0, 0.1) is 12.3 Å². The fourth-order valence-electron chi connectivity index (χ4n) is 2.58. The SMILES string of the molecule is C#CC[C@@H](NC(=O)[C@H](Cc1ccccc1)NC(=O)OCc1ccccc1)C(N)=O. The van der Waals surface area contributed by atoms with Crippen LogP contribution in [0.5, 0.6) is 0 Å². The number of hydrogen-bond donors (Lipinski definition) is 3. The highest BCUT2D eigenvalue weighted by molar-refractivity contribution is 5.91. The summed E-state index contributed by atoms with van der Waals surface area (Å²) in [5.41, 5.74) is 6.91. The molecule has 7 nitrogen and oxygen atoms in total. The van der Waals surface area contributed by atoms with E-state index in [0.29, 0.717) is 0 Å². The summed E-state index contributed by atoms with van der Waals surface area (Å²) in [6.07, 6.45) is 4.63. The summed E-state index contributed by atoms with van der Waals surface area (Å²) in [5, 5.41) is 5.04. The summed E-state index contributed by atoms with van der Waals surface area (Å²) in [6, 6.07) is 16.3. The fraction of sp³-hybridized carbons (Fsp3) is 0.227. The van der Waals surface area contributed by atoms with Crippen LogP contribution < -0.4 is 16.4 Å². The Kier molecular flexibility index (Phi) is 8.27. The number of rotatable bonds is 9. The molecular weight excluding hydrogens is 370 g/mol. The predicted molar refractivity (Wildman–Crippen MR) is 108 cm³/mol. The molecule has 2 aromatic rings. The van der Waals surface area contributed by atoms with Gasteiger partial charge in [-0.1, -0.05) is 60.7 Å². The maximum atomic E-state index is 12.7. The number of ether oxygens (including phenoxy) is 1. The minimum atomic E-state index is -1.02. The molecule has 2 aromatic carbocycles. The third-order valence-electron chi connectivity index (χ3n) is 4.09. The van der Waals surface area contributed by atoms with Gasteiger partial charge < -0.3 is 21.1 Å². The molecule has 0 aliphatic carbocycles. The molecule has 0 bridgehead atoms. The Morgan fingerprint density at radius 3 is 2.07 bits per heavy atom. The van der Waals surface area contributed by atoms with Crippen molar-refractivity contribution in [2.75, 3.05) is 0 Å². The number of benzene rings is 2. The highest BCUT2D eigenvalue weighted by atomic mass is 16.5. The van der Waals surface area contributed by atoms with Crippen molar-refractivity contribution in [3.8, 4) is 12.3 Å². The zero-order chi connectivity index (χ0) is 21.1. The van der Waals surface area contributed by atoms with Gasteiger partial charge in [-0.3, -0.25) is 9.59 Å². The molecule has 0 saturated heterocycles. The van der Waals surface area contributed by atoms with E-state index in [0.717, 1.165) is 11.1 Å². The zero-order valence-electron chi connectivity index (χ0n) is 15.8. The molecule has 7 heteroatoms. The first-order valence-electron chi connectivity index (χ1n) is 9.04. The van der Waals surface area contributed by atoms with Gasteiger partial charge in [0.25, 0.3) is 0 Å². The van der Waals surface area contributed by atoms with Gasteiger partial charge in [-0.2, -0.15) is 0 Å². The number of terminal acetylenes is 1. The van der Waals surface area contributed by atoms with E-state index in [4.69, 9.17) is 16.9 Å². The standard InChI is InChI=1S/C22H23N3O4/c1-2-9-18(20(23)26)24-21(27)19(14-16-10-5-3-6-11-16)25-22(28)29-15-17-12-7-4-8-13-17/h1,3-8,10-13,18-19H,9,14-15H2,(H2,23,26)(H,24,27)(H,25,28)/t18-,19+/m1/s1. The highest BCUT2D eigenvalue weighted by Crippen LogP contribution is 2.06. The van der Waals surface area contributed by atoms with Crippen molar-refractivity contribution in [2.24, 2.45) is 5.73 Å². The van der Waals surface area contributed by atoms with E-state index in [9.17, 15) is 14.4 Å². The van der Waals surface area contributed by atoms with Gasteiger partial charge in [-0.15, -0.1) is 12.3 Å². The molecule has 0 radical (unpaired) electrons. The fourth-order valence-corrected chi connectivity index (χ4v) is 2.58. The van der Waals surface area contributed by atoms with E-state index in [1.165, 1.54) is 0 Å². The smallest absolute Gasteiger partial charge is 0.408 e. The van der Waals surface area contributed by atoms with E-state index >= 15 is 0 Å². The molecular formula is C22H23N3O4. The molecule has 0 aromatic heterocycles. The summed E-state index contributed by atoms with van der Waals surface area (Å²) in [4.78, 5) is 36.4. The maximum Gasteiger partial charge on any atom is 0.408 e. The van der Waals surface area contributed by atoms with Crippen molar-refractivity contribution in [3.05, 3.63) is 71.8 Å². The van der Waals surface area contributed by atoms with Crippen molar-refractivity contribution < 1.29 is 19.1 Å². The number of hydrogen-bond acceptors (Lipinski definition) is 4. The van der Waals surface area contributed by atoms with E-state index in [1.807, 2.05) is 60.7 Å². The average molecular weight is 393 g/mol. The van der Waals surface area contributed by atoms with Crippen molar-refractivity contribution in [1.82, 2.24) is 10.6 Å². The second kappa shape index (κ2) is 11.1. The lowest BCUT2D eigenvalue weighted by molar-refractivity contribution is -0.128. The van der Waals surface area contributed by atoms with E-state index < -0.39 is 30.0 Å². The van der Waals surface area contributed by atoms with Crippen LogP contribution in [0.4, 0.5) is 4.79 Å². The lowest BCUT2D eigenvalue weighted by Gasteiger charge is -2.21. The monoisotopic (exact) mass is 393 g/mol. The van der Waals surface area contributed by atoms with Gasteiger partial charge in [-0.05, 0) is 11.1 Å². The molecule has 3 amide bonds. The number of primary amides is 1. The topological polar surface area (TPSA) is 111 Å². The molecule has 0 fully saturated rings.